The normalized spacial score (nSPS) is 39.0. The first-order valence-corrected chi connectivity index (χ1v) is 9.99. The van der Waals surface area contributed by atoms with E-state index < -0.39 is 18.2 Å². The van der Waals surface area contributed by atoms with Crippen molar-refractivity contribution in [1.82, 2.24) is 0 Å². The van der Waals surface area contributed by atoms with Crippen LogP contribution in [0.25, 0.3) is 0 Å². The van der Waals surface area contributed by atoms with Crippen molar-refractivity contribution >= 4 is 11.8 Å². The zero-order valence-corrected chi connectivity index (χ0v) is 17.0. The Morgan fingerprint density at radius 2 is 1.93 bits per heavy atom. The van der Waals surface area contributed by atoms with Crippen LogP contribution < -0.4 is 0 Å². The van der Waals surface area contributed by atoms with Crippen molar-refractivity contribution < 1.29 is 24.5 Å². The van der Waals surface area contributed by atoms with Crippen molar-refractivity contribution in [3.05, 3.63) is 22.8 Å². The molecule has 1 saturated carbocycles. The van der Waals surface area contributed by atoms with Gasteiger partial charge in [-0.05, 0) is 53.1 Å². The number of carbonyl (C=O) groups is 2. The fourth-order valence-electron chi connectivity index (χ4n) is 5.71. The Morgan fingerprint density at radius 3 is 2.52 bits per heavy atom. The van der Waals surface area contributed by atoms with Gasteiger partial charge in [0.05, 0.1) is 6.10 Å². The first-order chi connectivity index (χ1) is 12.5. The lowest BCUT2D eigenvalue weighted by atomic mass is 9.65. The largest absolute Gasteiger partial charge is 0.461 e. The molecule has 5 heteroatoms. The third kappa shape index (κ3) is 3.19. The van der Waals surface area contributed by atoms with Crippen LogP contribution in [0.2, 0.25) is 0 Å². The number of ether oxygens (including phenoxy) is 1. The standard InChI is InChI=1S/C22H32O5/c1-12(2)18-20(26)19(25)16-10-15-14(11-27-13(3)23)17(24)6-7-21(15,4)8-9-22(16,18)5/h10,12,18-20,25-26H,6-9,11H2,1-5H3. The molecule has 0 spiro atoms. The van der Waals surface area contributed by atoms with Crippen LogP contribution in [0.1, 0.15) is 60.3 Å². The van der Waals surface area contributed by atoms with Crippen molar-refractivity contribution in [2.24, 2.45) is 22.7 Å². The number of ketones is 1. The molecule has 0 bridgehead atoms. The Hall–Kier alpha value is -1.46. The Morgan fingerprint density at radius 1 is 1.26 bits per heavy atom. The molecule has 2 N–H and O–H groups in total. The smallest absolute Gasteiger partial charge is 0.302 e. The summed E-state index contributed by atoms with van der Waals surface area (Å²) in [5, 5.41) is 21.6. The topological polar surface area (TPSA) is 83.8 Å². The maximum absolute atomic E-state index is 12.6. The van der Waals surface area contributed by atoms with Gasteiger partial charge in [0.25, 0.3) is 0 Å². The van der Waals surface area contributed by atoms with Crippen molar-refractivity contribution in [3.63, 3.8) is 0 Å². The second kappa shape index (κ2) is 6.85. The van der Waals surface area contributed by atoms with E-state index in [4.69, 9.17) is 4.74 Å². The van der Waals surface area contributed by atoms with Gasteiger partial charge in [0.2, 0.25) is 0 Å². The summed E-state index contributed by atoms with van der Waals surface area (Å²) < 4.78 is 5.17. The molecule has 5 atom stereocenters. The number of rotatable bonds is 3. The second-order valence-electron chi connectivity index (χ2n) is 9.38. The van der Waals surface area contributed by atoms with Crippen LogP contribution in [0.5, 0.6) is 0 Å². The first kappa shape index (κ1) is 20.3. The molecule has 3 aliphatic carbocycles. The van der Waals surface area contributed by atoms with Gasteiger partial charge < -0.3 is 14.9 Å². The highest BCUT2D eigenvalue weighted by molar-refractivity contribution is 5.98. The number of aliphatic hydroxyl groups is 2. The molecular formula is C22H32O5. The summed E-state index contributed by atoms with van der Waals surface area (Å²) in [7, 11) is 0. The molecule has 0 aliphatic heterocycles. The van der Waals surface area contributed by atoms with Crippen LogP contribution in [0.4, 0.5) is 0 Å². The van der Waals surface area contributed by atoms with Crippen molar-refractivity contribution in [2.75, 3.05) is 6.61 Å². The van der Waals surface area contributed by atoms with Crippen molar-refractivity contribution in [1.29, 1.82) is 0 Å². The van der Waals surface area contributed by atoms with E-state index in [0.29, 0.717) is 12.0 Å². The van der Waals surface area contributed by atoms with E-state index >= 15 is 0 Å². The van der Waals surface area contributed by atoms with E-state index in [9.17, 15) is 19.8 Å². The Balaban J connectivity index is 2.16. The Bertz CT molecular complexity index is 718. The summed E-state index contributed by atoms with van der Waals surface area (Å²) in [6.07, 6.45) is 3.17. The number of hydrogen-bond donors (Lipinski definition) is 2. The highest BCUT2D eigenvalue weighted by Gasteiger charge is 2.56. The highest BCUT2D eigenvalue weighted by Crippen LogP contribution is 2.59. The van der Waals surface area contributed by atoms with Gasteiger partial charge in [-0.3, -0.25) is 9.59 Å². The van der Waals surface area contributed by atoms with Crippen LogP contribution in [-0.4, -0.2) is 40.8 Å². The van der Waals surface area contributed by atoms with Gasteiger partial charge in [-0.1, -0.05) is 33.8 Å². The molecule has 0 aromatic heterocycles. The first-order valence-electron chi connectivity index (χ1n) is 9.99. The molecule has 0 aromatic rings. The Labute approximate surface area is 161 Å². The predicted molar refractivity (Wildman–Crippen MR) is 102 cm³/mol. The summed E-state index contributed by atoms with van der Waals surface area (Å²) in [6.45, 7) is 9.79. The molecule has 5 unspecified atom stereocenters. The third-order valence-corrected chi connectivity index (χ3v) is 7.25. The summed E-state index contributed by atoms with van der Waals surface area (Å²) >= 11 is 0. The zero-order valence-electron chi connectivity index (χ0n) is 17.0. The average Bonchev–Trinajstić information content (AvgIpc) is 2.68. The van der Waals surface area contributed by atoms with E-state index in [1.165, 1.54) is 6.92 Å². The molecule has 1 fully saturated rings. The Kier molecular flexibility index (Phi) is 5.15. The maximum atomic E-state index is 12.6. The summed E-state index contributed by atoms with van der Waals surface area (Å²) in [5.74, 6) is -0.201. The number of hydrogen-bond acceptors (Lipinski definition) is 5. The van der Waals surface area contributed by atoms with Gasteiger partial charge in [0, 0.05) is 18.9 Å². The van der Waals surface area contributed by atoms with Gasteiger partial charge in [0.1, 0.15) is 12.7 Å². The van der Waals surface area contributed by atoms with Gasteiger partial charge in [0.15, 0.2) is 5.78 Å². The number of carbonyl (C=O) groups excluding carboxylic acids is 2. The monoisotopic (exact) mass is 376 g/mol. The predicted octanol–water partition coefficient (Wildman–Crippen LogP) is 2.95. The molecule has 0 heterocycles. The minimum atomic E-state index is -0.927. The zero-order chi connectivity index (χ0) is 20.1. The lowest BCUT2D eigenvalue weighted by molar-refractivity contribution is -0.140. The lowest BCUT2D eigenvalue weighted by Crippen LogP contribution is -2.35. The SMILES string of the molecule is CC(=O)OCC1=C2C=C3C(O)C(O)C(C(C)C)C3(C)CCC2(C)CCC1=O. The van der Waals surface area contributed by atoms with Crippen LogP contribution >= 0.6 is 0 Å². The van der Waals surface area contributed by atoms with Crippen LogP contribution in [0.3, 0.4) is 0 Å². The molecule has 3 aliphatic rings. The minimum absolute atomic E-state index is 0.0117. The van der Waals surface area contributed by atoms with E-state index in [-0.39, 0.29) is 35.1 Å². The molecular weight excluding hydrogens is 344 g/mol. The van der Waals surface area contributed by atoms with Gasteiger partial charge in [-0.2, -0.15) is 0 Å². The van der Waals surface area contributed by atoms with Crippen molar-refractivity contribution in [3.8, 4) is 0 Å². The van der Waals surface area contributed by atoms with E-state index in [2.05, 4.69) is 27.7 Å². The van der Waals surface area contributed by atoms with Gasteiger partial charge >= 0.3 is 5.97 Å². The lowest BCUT2D eigenvalue weighted by Gasteiger charge is -2.39. The molecule has 0 amide bonds. The van der Waals surface area contributed by atoms with Crippen LogP contribution in [0.15, 0.2) is 22.8 Å². The van der Waals surface area contributed by atoms with Gasteiger partial charge in [-0.25, -0.2) is 0 Å². The molecule has 5 nitrogen and oxygen atoms in total. The van der Waals surface area contributed by atoms with E-state index in [0.717, 1.165) is 30.4 Å². The molecule has 150 valence electrons. The van der Waals surface area contributed by atoms with Gasteiger partial charge in [-0.15, -0.1) is 0 Å². The number of aliphatic hydroxyl groups excluding tert-OH is 2. The molecule has 3 rings (SSSR count). The fourth-order valence-corrected chi connectivity index (χ4v) is 5.71. The maximum Gasteiger partial charge on any atom is 0.302 e. The van der Waals surface area contributed by atoms with Crippen LogP contribution in [0, 0.1) is 22.7 Å². The summed E-state index contributed by atoms with van der Waals surface area (Å²) in [6, 6.07) is 0. The fraction of sp³-hybridized carbons (Fsp3) is 0.727. The molecule has 0 radical (unpaired) electrons. The quantitative estimate of drug-likeness (QED) is 0.740. The van der Waals surface area contributed by atoms with E-state index in [1.807, 2.05) is 6.08 Å². The number of allylic oxidation sites excluding steroid dienone is 2. The highest BCUT2D eigenvalue weighted by atomic mass is 16.5. The minimum Gasteiger partial charge on any atom is -0.461 e. The molecule has 27 heavy (non-hydrogen) atoms. The summed E-state index contributed by atoms with van der Waals surface area (Å²) in [4.78, 5) is 23.9. The number of Topliss-reactive ketones (excluding diaryl/α,β-unsaturated/α-hetero) is 1. The second-order valence-corrected chi connectivity index (χ2v) is 9.38. The summed E-state index contributed by atoms with van der Waals surface area (Å²) in [5.41, 5.74) is 1.76. The average molecular weight is 376 g/mol. The molecule has 0 aromatic carbocycles. The van der Waals surface area contributed by atoms with Crippen molar-refractivity contribution in [2.45, 2.75) is 72.5 Å². The third-order valence-electron chi connectivity index (χ3n) is 7.25. The number of esters is 1. The number of fused-ring (bicyclic) bond motifs is 2. The van der Waals surface area contributed by atoms with E-state index in [1.54, 1.807) is 0 Å². The van der Waals surface area contributed by atoms with Crippen LogP contribution in [-0.2, 0) is 14.3 Å². The molecule has 0 saturated heterocycles.